The van der Waals surface area contributed by atoms with Gasteiger partial charge in [-0.2, -0.15) is 0 Å². The summed E-state index contributed by atoms with van der Waals surface area (Å²) in [4.78, 5) is 14.9. The van der Waals surface area contributed by atoms with Crippen LogP contribution in [0.1, 0.15) is 24.3 Å². The number of hydrogen-bond acceptors (Lipinski definition) is 5. The Morgan fingerprint density at radius 1 is 1.53 bits per heavy atom. The van der Waals surface area contributed by atoms with Crippen LogP contribution in [-0.2, 0) is 4.79 Å². The maximum absolute atomic E-state index is 10.8. The number of nitrogens with one attached hydrogen (secondary N) is 1. The van der Waals surface area contributed by atoms with Crippen molar-refractivity contribution in [1.82, 2.24) is 4.98 Å². The summed E-state index contributed by atoms with van der Waals surface area (Å²) in [6, 6.07) is 3.17. The third-order valence-electron chi connectivity index (χ3n) is 2.36. The molecule has 0 fully saturated rings. The second-order valence-electron chi connectivity index (χ2n) is 3.80. The highest BCUT2D eigenvalue weighted by Crippen LogP contribution is 2.20. The van der Waals surface area contributed by atoms with E-state index in [1.807, 2.05) is 0 Å². The fourth-order valence-electron chi connectivity index (χ4n) is 1.47. The summed E-state index contributed by atoms with van der Waals surface area (Å²) >= 11 is 0. The van der Waals surface area contributed by atoms with Gasteiger partial charge in [-0.25, -0.2) is 4.98 Å². The number of amides is 1. The monoisotopic (exact) mass is 239 g/mol. The molecule has 94 valence electrons. The molecule has 2 atom stereocenters. The molecule has 0 saturated heterocycles. The number of aliphatic hydroxyl groups excluding tert-OH is 2. The first-order valence-corrected chi connectivity index (χ1v) is 5.27. The zero-order valence-electron chi connectivity index (χ0n) is 9.84. The van der Waals surface area contributed by atoms with Gasteiger partial charge in [0.15, 0.2) is 0 Å². The lowest BCUT2D eigenvalue weighted by Gasteiger charge is -2.18. The molecule has 0 aliphatic rings. The van der Waals surface area contributed by atoms with E-state index in [-0.39, 0.29) is 12.5 Å². The molecule has 1 amide bonds. The lowest BCUT2D eigenvalue weighted by Crippen LogP contribution is -2.27. The highest BCUT2D eigenvalue weighted by molar-refractivity contribution is 5.87. The Hall–Kier alpha value is -1.50. The van der Waals surface area contributed by atoms with Gasteiger partial charge in [0.1, 0.15) is 11.9 Å². The van der Waals surface area contributed by atoms with Crippen molar-refractivity contribution in [1.29, 1.82) is 0 Å². The first-order valence-electron chi connectivity index (χ1n) is 5.27. The lowest BCUT2D eigenvalue weighted by atomic mass is 10.0. The number of anilines is 1. The van der Waals surface area contributed by atoms with Crippen molar-refractivity contribution in [2.75, 3.05) is 11.9 Å². The Morgan fingerprint density at radius 2 is 2.18 bits per heavy atom. The minimum absolute atomic E-state index is 0.0337. The van der Waals surface area contributed by atoms with Crippen molar-refractivity contribution in [2.45, 2.75) is 26.1 Å². The zero-order chi connectivity index (χ0) is 13.0. The molecular weight excluding hydrogens is 222 g/mol. The molecule has 0 aliphatic carbocycles. The number of pyridine rings is 1. The van der Waals surface area contributed by atoms with Crippen molar-refractivity contribution in [3.05, 3.63) is 23.4 Å². The molecule has 1 aromatic heterocycles. The van der Waals surface area contributed by atoms with Gasteiger partial charge in [0.05, 0.1) is 6.10 Å². The van der Waals surface area contributed by atoms with E-state index in [0.717, 1.165) is 0 Å². The Kier molecular flexibility index (Phi) is 4.56. The van der Waals surface area contributed by atoms with Crippen molar-refractivity contribution >= 4 is 11.7 Å². The first-order chi connectivity index (χ1) is 7.95. The van der Waals surface area contributed by atoms with E-state index < -0.39 is 12.2 Å². The van der Waals surface area contributed by atoms with Crippen LogP contribution in [0.15, 0.2) is 12.1 Å². The van der Waals surface area contributed by atoms with Gasteiger partial charge in [0.2, 0.25) is 5.91 Å². The van der Waals surface area contributed by atoms with Gasteiger partial charge in [-0.05, 0) is 13.0 Å². The van der Waals surface area contributed by atoms with Crippen molar-refractivity contribution in [3.8, 4) is 0 Å². The van der Waals surface area contributed by atoms with Crippen LogP contribution >= 0.6 is 0 Å². The quantitative estimate of drug-likeness (QED) is 0.577. The minimum Gasteiger partial charge on any atom is -0.389 e. The third-order valence-corrected chi connectivity index (χ3v) is 2.36. The van der Waals surface area contributed by atoms with Gasteiger partial charge in [-0.1, -0.05) is 6.07 Å². The summed E-state index contributed by atoms with van der Waals surface area (Å²) in [5.41, 5.74) is 6.30. The van der Waals surface area contributed by atoms with Crippen LogP contribution < -0.4 is 11.1 Å². The summed E-state index contributed by atoms with van der Waals surface area (Å²) in [6.45, 7) is 3.04. The molecule has 6 heteroatoms. The fourth-order valence-corrected chi connectivity index (χ4v) is 1.47. The Balaban J connectivity index is 2.93. The van der Waals surface area contributed by atoms with E-state index in [0.29, 0.717) is 17.1 Å². The molecule has 0 bridgehead atoms. The van der Waals surface area contributed by atoms with Crippen LogP contribution in [0.4, 0.5) is 5.82 Å². The van der Waals surface area contributed by atoms with E-state index in [9.17, 15) is 15.0 Å². The molecule has 0 spiro atoms. The van der Waals surface area contributed by atoms with Crippen LogP contribution in [0.5, 0.6) is 0 Å². The molecule has 1 aromatic rings. The average molecular weight is 239 g/mol. The summed E-state index contributed by atoms with van der Waals surface area (Å²) in [7, 11) is 0. The van der Waals surface area contributed by atoms with Gasteiger partial charge in [0, 0.05) is 24.7 Å². The molecule has 17 heavy (non-hydrogen) atoms. The molecule has 0 aliphatic heterocycles. The van der Waals surface area contributed by atoms with Crippen LogP contribution in [0.25, 0.3) is 0 Å². The molecule has 0 radical (unpaired) electrons. The fraction of sp³-hybridized carbons (Fsp3) is 0.455. The number of carbonyl (C=O) groups is 1. The number of nitrogens with two attached hydrogens (primary N) is 1. The van der Waals surface area contributed by atoms with E-state index in [4.69, 9.17) is 5.73 Å². The third kappa shape index (κ3) is 3.48. The largest absolute Gasteiger partial charge is 0.389 e. The van der Waals surface area contributed by atoms with Crippen molar-refractivity contribution < 1.29 is 15.0 Å². The van der Waals surface area contributed by atoms with Gasteiger partial charge in [0.25, 0.3) is 0 Å². The van der Waals surface area contributed by atoms with Crippen LogP contribution in [-0.4, -0.2) is 33.8 Å². The number of aromatic nitrogens is 1. The number of nitrogens with zero attached hydrogens (tertiary/aromatic N) is 1. The first kappa shape index (κ1) is 13.6. The highest BCUT2D eigenvalue weighted by Gasteiger charge is 2.19. The Morgan fingerprint density at radius 3 is 2.65 bits per heavy atom. The highest BCUT2D eigenvalue weighted by atomic mass is 16.3. The summed E-state index contributed by atoms with van der Waals surface area (Å²) in [5, 5.41) is 21.8. The maximum atomic E-state index is 10.8. The molecule has 1 rings (SSSR count). The van der Waals surface area contributed by atoms with E-state index in [1.165, 1.54) is 6.92 Å². The number of rotatable bonds is 4. The Labute approximate surface area is 99.5 Å². The predicted octanol–water partition coefficient (Wildman–Crippen LogP) is -0.299. The summed E-state index contributed by atoms with van der Waals surface area (Å²) in [5.74, 6) is 0.195. The second-order valence-corrected chi connectivity index (χ2v) is 3.80. The second kappa shape index (κ2) is 5.72. The molecule has 0 saturated carbocycles. The topological polar surface area (TPSA) is 108 Å². The van der Waals surface area contributed by atoms with E-state index >= 15 is 0 Å². The minimum atomic E-state index is -1.07. The van der Waals surface area contributed by atoms with Gasteiger partial charge in [-0.3, -0.25) is 4.79 Å². The van der Waals surface area contributed by atoms with Crippen LogP contribution in [0, 0.1) is 6.92 Å². The smallest absolute Gasteiger partial charge is 0.222 e. The molecule has 5 N–H and O–H groups in total. The number of hydrogen-bond donors (Lipinski definition) is 4. The number of carbonyl (C=O) groups excluding carboxylic acids is 1. The van der Waals surface area contributed by atoms with Crippen LogP contribution in [0.3, 0.4) is 0 Å². The molecule has 1 heterocycles. The maximum Gasteiger partial charge on any atom is 0.222 e. The average Bonchev–Trinajstić information content (AvgIpc) is 2.26. The molecular formula is C11H17N3O3. The Bertz CT molecular complexity index is 409. The van der Waals surface area contributed by atoms with E-state index in [1.54, 1.807) is 19.1 Å². The van der Waals surface area contributed by atoms with Crippen LogP contribution in [0.2, 0.25) is 0 Å². The van der Waals surface area contributed by atoms with Crippen molar-refractivity contribution in [3.63, 3.8) is 0 Å². The molecule has 6 nitrogen and oxygen atoms in total. The predicted molar refractivity (Wildman–Crippen MR) is 63.3 cm³/mol. The van der Waals surface area contributed by atoms with E-state index in [2.05, 4.69) is 10.3 Å². The summed E-state index contributed by atoms with van der Waals surface area (Å²) in [6.07, 6.45) is -2.10. The summed E-state index contributed by atoms with van der Waals surface area (Å²) < 4.78 is 0. The lowest BCUT2D eigenvalue weighted by molar-refractivity contribution is -0.114. The van der Waals surface area contributed by atoms with Gasteiger partial charge in [-0.15, -0.1) is 0 Å². The molecule has 2 unspecified atom stereocenters. The SMILES string of the molecule is CC(=O)Nc1ccc(C(O)C(O)CN)c(C)n1. The van der Waals surface area contributed by atoms with Gasteiger partial charge < -0.3 is 21.3 Å². The van der Waals surface area contributed by atoms with Crippen molar-refractivity contribution in [2.24, 2.45) is 5.73 Å². The van der Waals surface area contributed by atoms with Gasteiger partial charge >= 0.3 is 0 Å². The zero-order valence-corrected chi connectivity index (χ0v) is 9.84. The number of aliphatic hydroxyl groups is 2. The standard InChI is InChI=1S/C11H17N3O3/c1-6-8(11(17)9(16)5-12)3-4-10(13-6)14-7(2)15/h3-4,9,11,16-17H,5,12H2,1-2H3,(H,13,14,15). The number of aryl methyl sites for hydroxylation is 1. The molecule has 0 aromatic carbocycles. The normalized spacial score (nSPS) is 14.2.